The fraction of sp³-hybridized carbons (Fsp3) is 0.700. The fourth-order valence-corrected chi connectivity index (χ4v) is 6.06. The summed E-state index contributed by atoms with van der Waals surface area (Å²) in [6.07, 6.45) is 8.23. The summed E-state index contributed by atoms with van der Waals surface area (Å²) in [5.41, 5.74) is 3.45. The van der Waals surface area contributed by atoms with Gasteiger partial charge in [0.1, 0.15) is 5.75 Å². The Morgan fingerprint density at radius 3 is 2.91 bits per heavy atom. The molecule has 0 radical (unpaired) electrons. The van der Waals surface area contributed by atoms with Gasteiger partial charge in [0.25, 0.3) is 0 Å². The molecule has 0 spiro atoms. The molecule has 2 saturated carbocycles. The Morgan fingerprint density at radius 1 is 1.23 bits per heavy atom. The minimum atomic E-state index is 0.403. The zero-order chi connectivity index (χ0) is 15.3. The zero-order valence-electron chi connectivity index (χ0n) is 13.8. The normalized spacial score (nSPS) is 39.9. The van der Waals surface area contributed by atoms with E-state index in [9.17, 15) is 5.11 Å². The minimum Gasteiger partial charge on any atom is -0.508 e. The molecular formula is C20H28O2. The second-order valence-electron chi connectivity index (χ2n) is 8.16. The summed E-state index contributed by atoms with van der Waals surface area (Å²) >= 11 is 0. The number of aromatic hydroxyl groups is 1. The number of hydrogen-bond acceptors (Lipinski definition) is 2. The van der Waals surface area contributed by atoms with Crippen LogP contribution in [0.25, 0.3) is 0 Å². The molecule has 0 bridgehead atoms. The van der Waals surface area contributed by atoms with E-state index in [2.05, 4.69) is 13.0 Å². The van der Waals surface area contributed by atoms with Crippen molar-refractivity contribution in [1.82, 2.24) is 0 Å². The van der Waals surface area contributed by atoms with Gasteiger partial charge in [0.15, 0.2) is 0 Å². The number of phenolic OH excluding ortho intramolecular Hbond substituents is 1. The van der Waals surface area contributed by atoms with Gasteiger partial charge in [0.2, 0.25) is 0 Å². The molecule has 0 aliphatic heterocycles. The molecule has 0 aromatic heterocycles. The van der Waals surface area contributed by atoms with E-state index in [1.165, 1.54) is 49.7 Å². The van der Waals surface area contributed by atoms with E-state index in [4.69, 9.17) is 4.74 Å². The first kappa shape index (κ1) is 14.6. The number of ether oxygens (including phenoxy) is 1. The number of benzene rings is 1. The Kier molecular flexibility index (Phi) is 3.48. The summed E-state index contributed by atoms with van der Waals surface area (Å²) in [7, 11) is 1.80. The van der Waals surface area contributed by atoms with Crippen LogP contribution in [0.5, 0.6) is 5.75 Å². The second kappa shape index (κ2) is 5.26. The van der Waals surface area contributed by atoms with Crippen molar-refractivity contribution in [3.05, 3.63) is 29.3 Å². The van der Waals surface area contributed by atoms with Crippen LogP contribution < -0.4 is 0 Å². The number of phenols is 1. The van der Waals surface area contributed by atoms with Crippen molar-refractivity contribution < 1.29 is 9.84 Å². The van der Waals surface area contributed by atoms with Gasteiger partial charge < -0.3 is 9.84 Å². The molecule has 4 rings (SSSR count). The Hall–Kier alpha value is -1.02. The number of hydrogen-bond donors (Lipinski definition) is 1. The maximum absolute atomic E-state index is 9.92. The molecule has 0 amide bonds. The molecule has 1 aromatic carbocycles. The lowest BCUT2D eigenvalue weighted by Gasteiger charge is -2.50. The van der Waals surface area contributed by atoms with Crippen LogP contribution in [0, 0.1) is 17.3 Å². The van der Waals surface area contributed by atoms with Crippen molar-refractivity contribution in [3.8, 4) is 5.75 Å². The molecule has 3 aliphatic carbocycles. The van der Waals surface area contributed by atoms with Crippen LogP contribution in [0.2, 0.25) is 0 Å². The molecule has 5 atom stereocenters. The SMILES string of the molecule is COC[C@@H]1CC2C(CC[C@]3(C)CCCC23)c2ccc(O)cc21. The average molecular weight is 300 g/mol. The smallest absolute Gasteiger partial charge is 0.115 e. The second-order valence-corrected chi connectivity index (χ2v) is 8.16. The highest BCUT2D eigenvalue weighted by Crippen LogP contribution is 2.62. The first-order valence-corrected chi connectivity index (χ1v) is 8.94. The Balaban J connectivity index is 1.75. The van der Waals surface area contributed by atoms with E-state index < -0.39 is 0 Å². The molecule has 3 aliphatic rings. The van der Waals surface area contributed by atoms with E-state index >= 15 is 0 Å². The standard InChI is InChI=1S/C20H28O2/c1-20-8-3-4-19(20)18-10-13(12-22-2)17-11-14(21)5-6-15(17)16(18)7-9-20/h5-6,11,13,16,18-19,21H,3-4,7-10,12H2,1-2H3/t13-,16?,18?,19?,20-/m0/s1. The highest BCUT2D eigenvalue weighted by molar-refractivity contribution is 5.42. The Bertz CT molecular complexity index is 567. The van der Waals surface area contributed by atoms with E-state index in [0.29, 0.717) is 23.0 Å². The van der Waals surface area contributed by atoms with Crippen LogP contribution in [-0.2, 0) is 4.74 Å². The lowest BCUT2D eigenvalue weighted by atomic mass is 9.54. The van der Waals surface area contributed by atoms with Crippen LogP contribution in [0.4, 0.5) is 0 Å². The topological polar surface area (TPSA) is 29.5 Å². The van der Waals surface area contributed by atoms with Gasteiger partial charge >= 0.3 is 0 Å². The first-order chi connectivity index (χ1) is 10.6. The summed E-state index contributed by atoms with van der Waals surface area (Å²) in [4.78, 5) is 0. The van der Waals surface area contributed by atoms with Gasteiger partial charge in [-0.15, -0.1) is 0 Å². The van der Waals surface area contributed by atoms with Gasteiger partial charge in [0, 0.05) is 13.0 Å². The largest absolute Gasteiger partial charge is 0.508 e. The molecule has 2 nitrogen and oxygen atoms in total. The van der Waals surface area contributed by atoms with Gasteiger partial charge in [-0.25, -0.2) is 0 Å². The summed E-state index contributed by atoms with van der Waals surface area (Å²) in [5, 5.41) is 9.92. The number of rotatable bonds is 2. The van der Waals surface area contributed by atoms with Gasteiger partial charge in [-0.1, -0.05) is 19.4 Å². The molecule has 2 heteroatoms. The van der Waals surface area contributed by atoms with Crippen molar-refractivity contribution in [1.29, 1.82) is 0 Å². The summed E-state index contributed by atoms with van der Waals surface area (Å²) < 4.78 is 5.51. The summed E-state index contributed by atoms with van der Waals surface area (Å²) in [6, 6.07) is 6.08. The van der Waals surface area contributed by atoms with Crippen LogP contribution in [-0.4, -0.2) is 18.8 Å². The van der Waals surface area contributed by atoms with Crippen molar-refractivity contribution >= 4 is 0 Å². The lowest BCUT2D eigenvalue weighted by Crippen LogP contribution is -2.41. The van der Waals surface area contributed by atoms with Gasteiger partial charge in [-0.3, -0.25) is 0 Å². The lowest BCUT2D eigenvalue weighted by molar-refractivity contribution is 0.0441. The predicted molar refractivity (Wildman–Crippen MR) is 88.3 cm³/mol. The van der Waals surface area contributed by atoms with Crippen molar-refractivity contribution in [2.45, 2.75) is 57.3 Å². The Morgan fingerprint density at radius 2 is 2.09 bits per heavy atom. The Labute approximate surface area is 133 Å². The van der Waals surface area contributed by atoms with Gasteiger partial charge in [-0.05, 0) is 78.5 Å². The number of methoxy groups -OCH3 is 1. The highest BCUT2D eigenvalue weighted by Gasteiger charge is 2.51. The van der Waals surface area contributed by atoms with E-state index in [0.717, 1.165) is 18.4 Å². The summed E-state index contributed by atoms with van der Waals surface area (Å²) in [5.74, 6) is 3.28. The van der Waals surface area contributed by atoms with Crippen LogP contribution >= 0.6 is 0 Å². The molecule has 1 N–H and O–H groups in total. The molecule has 0 heterocycles. The molecule has 0 saturated heterocycles. The van der Waals surface area contributed by atoms with Gasteiger partial charge in [-0.2, -0.15) is 0 Å². The van der Waals surface area contributed by atoms with Crippen molar-refractivity contribution in [2.24, 2.45) is 17.3 Å². The molecular weight excluding hydrogens is 272 g/mol. The van der Waals surface area contributed by atoms with Gasteiger partial charge in [0.05, 0.1) is 6.61 Å². The van der Waals surface area contributed by atoms with E-state index in [1.807, 2.05) is 12.1 Å². The van der Waals surface area contributed by atoms with Crippen molar-refractivity contribution in [3.63, 3.8) is 0 Å². The average Bonchev–Trinajstić information content (AvgIpc) is 2.90. The molecule has 22 heavy (non-hydrogen) atoms. The first-order valence-electron chi connectivity index (χ1n) is 8.94. The molecule has 2 fully saturated rings. The van der Waals surface area contributed by atoms with Crippen LogP contribution in [0.3, 0.4) is 0 Å². The monoisotopic (exact) mass is 300 g/mol. The fourth-order valence-electron chi connectivity index (χ4n) is 6.06. The summed E-state index contributed by atoms with van der Waals surface area (Å²) in [6.45, 7) is 3.32. The third-order valence-corrected chi connectivity index (χ3v) is 7.05. The third kappa shape index (κ3) is 2.11. The minimum absolute atomic E-state index is 0.403. The van der Waals surface area contributed by atoms with Crippen molar-refractivity contribution in [2.75, 3.05) is 13.7 Å². The maximum atomic E-state index is 9.92. The van der Waals surface area contributed by atoms with E-state index in [-0.39, 0.29) is 0 Å². The predicted octanol–water partition coefficient (Wildman–Crippen LogP) is 4.83. The zero-order valence-corrected chi connectivity index (χ0v) is 13.8. The third-order valence-electron chi connectivity index (χ3n) is 7.05. The van der Waals surface area contributed by atoms with Crippen LogP contribution in [0.15, 0.2) is 18.2 Å². The molecule has 3 unspecified atom stereocenters. The van der Waals surface area contributed by atoms with E-state index in [1.54, 1.807) is 7.11 Å². The molecule has 1 aromatic rings. The maximum Gasteiger partial charge on any atom is 0.115 e. The molecule has 120 valence electrons. The number of fused-ring (bicyclic) bond motifs is 5. The van der Waals surface area contributed by atoms with Crippen LogP contribution in [0.1, 0.15) is 68.4 Å². The highest BCUT2D eigenvalue weighted by atomic mass is 16.5. The quantitative estimate of drug-likeness (QED) is 0.848.